The molecule has 0 radical (unpaired) electrons. The zero-order chi connectivity index (χ0) is 11.4. The van der Waals surface area contributed by atoms with Crippen LogP contribution < -0.4 is 0 Å². The van der Waals surface area contributed by atoms with E-state index in [4.69, 9.17) is 0 Å². The van der Waals surface area contributed by atoms with E-state index in [0.29, 0.717) is 18.4 Å². The van der Waals surface area contributed by atoms with E-state index >= 15 is 0 Å². The molecule has 0 saturated carbocycles. The van der Waals surface area contributed by atoms with E-state index in [-0.39, 0.29) is 0 Å². The summed E-state index contributed by atoms with van der Waals surface area (Å²) in [5, 5.41) is 0.788. The van der Waals surface area contributed by atoms with Gasteiger partial charge in [0, 0.05) is 30.9 Å². The molecule has 0 spiro atoms. The van der Waals surface area contributed by atoms with Gasteiger partial charge >= 0.3 is 0 Å². The number of nitrogens with zero attached hydrogens (tertiary/aromatic N) is 2. The van der Waals surface area contributed by atoms with E-state index in [0.717, 1.165) is 18.4 Å². The lowest BCUT2D eigenvalue weighted by Crippen LogP contribution is -2.41. The zero-order valence-electron chi connectivity index (χ0n) is 9.83. The molecule has 4 heteroatoms. The number of carbonyl (C=O) groups is 1. The van der Waals surface area contributed by atoms with Gasteiger partial charge in [-0.1, -0.05) is 22.4 Å². The van der Waals surface area contributed by atoms with Crippen molar-refractivity contribution in [3.63, 3.8) is 0 Å². The van der Waals surface area contributed by atoms with Gasteiger partial charge in [-0.25, -0.2) is 0 Å². The Balaban J connectivity index is 1.80. The Hall–Kier alpha value is -0.0900. The molecule has 2 heterocycles. The lowest BCUT2D eigenvalue weighted by molar-refractivity contribution is -0.129. The fourth-order valence-corrected chi connectivity index (χ4v) is 3.13. The second kappa shape index (κ2) is 6.01. The third kappa shape index (κ3) is 2.98. The summed E-state index contributed by atoms with van der Waals surface area (Å²) in [5.74, 6) is 0.316. The third-order valence-corrected chi connectivity index (χ3v) is 4.13. The van der Waals surface area contributed by atoms with Crippen LogP contribution in [0, 0.1) is 0 Å². The molecule has 2 fully saturated rings. The summed E-state index contributed by atoms with van der Waals surface area (Å²) in [6, 6.07) is 0.638. The molecule has 1 atom stereocenters. The zero-order valence-corrected chi connectivity index (χ0v) is 11.4. The Kier molecular flexibility index (Phi) is 4.65. The topological polar surface area (TPSA) is 23.6 Å². The lowest BCUT2D eigenvalue weighted by Gasteiger charge is -2.32. The average molecular weight is 289 g/mol. The van der Waals surface area contributed by atoms with Crippen molar-refractivity contribution in [2.45, 2.75) is 38.1 Å². The highest BCUT2D eigenvalue weighted by atomic mass is 79.9. The van der Waals surface area contributed by atoms with Crippen LogP contribution in [0.15, 0.2) is 0 Å². The van der Waals surface area contributed by atoms with Crippen LogP contribution in [0.5, 0.6) is 0 Å². The van der Waals surface area contributed by atoms with Crippen molar-refractivity contribution in [1.82, 2.24) is 9.80 Å². The number of amides is 1. The molecule has 0 N–H and O–H groups in total. The Morgan fingerprint density at radius 1 is 1.19 bits per heavy atom. The van der Waals surface area contributed by atoms with Gasteiger partial charge in [0.05, 0.1) is 0 Å². The van der Waals surface area contributed by atoms with Gasteiger partial charge in [0.1, 0.15) is 0 Å². The normalized spacial score (nSPS) is 27.3. The van der Waals surface area contributed by atoms with E-state index in [2.05, 4.69) is 20.8 Å². The minimum atomic E-state index is 0.316. The van der Waals surface area contributed by atoms with Gasteiger partial charge in [-0.05, 0) is 32.4 Å². The molecule has 0 aromatic heterocycles. The first-order chi connectivity index (χ1) is 7.81. The minimum Gasteiger partial charge on any atom is -0.341 e. The largest absolute Gasteiger partial charge is 0.341 e. The first-order valence-corrected chi connectivity index (χ1v) is 7.51. The summed E-state index contributed by atoms with van der Waals surface area (Å²) in [6.45, 7) is 4.41. The predicted molar refractivity (Wildman–Crippen MR) is 68.8 cm³/mol. The van der Waals surface area contributed by atoms with Crippen LogP contribution in [0.4, 0.5) is 0 Å². The highest BCUT2D eigenvalue weighted by Crippen LogP contribution is 2.20. The van der Waals surface area contributed by atoms with E-state index in [1.807, 2.05) is 4.90 Å². The second-order valence-electron chi connectivity index (χ2n) is 4.82. The molecule has 1 amide bonds. The molecule has 3 nitrogen and oxygen atoms in total. The molecule has 0 aromatic rings. The van der Waals surface area contributed by atoms with E-state index < -0.39 is 0 Å². The van der Waals surface area contributed by atoms with E-state index in [1.54, 1.807) is 0 Å². The smallest absolute Gasteiger partial charge is 0.223 e. The van der Waals surface area contributed by atoms with Gasteiger partial charge in [-0.15, -0.1) is 0 Å². The number of piperidine rings is 1. The van der Waals surface area contributed by atoms with Crippen LogP contribution in [-0.2, 0) is 4.79 Å². The highest BCUT2D eigenvalue weighted by molar-refractivity contribution is 9.09. The summed E-state index contributed by atoms with van der Waals surface area (Å²) in [5.41, 5.74) is 0. The van der Waals surface area contributed by atoms with Crippen molar-refractivity contribution in [3.8, 4) is 0 Å². The molecule has 2 saturated heterocycles. The summed E-state index contributed by atoms with van der Waals surface area (Å²) >= 11 is 3.33. The molecule has 1 unspecified atom stereocenters. The van der Waals surface area contributed by atoms with Gasteiger partial charge in [-0.2, -0.15) is 0 Å². The lowest BCUT2D eigenvalue weighted by atomic mass is 10.1. The molecule has 2 aliphatic rings. The van der Waals surface area contributed by atoms with Crippen LogP contribution in [0.3, 0.4) is 0 Å². The maximum absolute atomic E-state index is 11.8. The van der Waals surface area contributed by atoms with Crippen molar-refractivity contribution >= 4 is 21.8 Å². The minimum absolute atomic E-state index is 0.316. The molecule has 0 bridgehead atoms. The first kappa shape index (κ1) is 12.4. The summed E-state index contributed by atoms with van der Waals surface area (Å²) < 4.78 is 0. The Morgan fingerprint density at radius 2 is 1.94 bits per heavy atom. The number of rotatable bonds is 3. The first-order valence-electron chi connectivity index (χ1n) is 6.39. The summed E-state index contributed by atoms with van der Waals surface area (Å²) in [6.07, 6.45) is 5.88. The monoisotopic (exact) mass is 288 g/mol. The van der Waals surface area contributed by atoms with E-state index in [9.17, 15) is 4.79 Å². The molecule has 0 aromatic carbocycles. The SMILES string of the molecule is O=C(CCBr)N1CCC(N2CCCCC2)C1. The summed E-state index contributed by atoms with van der Waals surface area (Å²) in [4.78, 5) is 16.4. The van der Waals surface area contributed by atoms with E-state index in [1.165, 1.54) is 38.8 Å². The predicted octanol–water partition coefficient (Wildman–Crippen LogP) is 1.86. The number of hydrogen-bond donors (Lipinski definition) is 0. The Labute approximate surface area is 106 Å². The third-order valence-electron chi connectivity index (χ3n) is 3.73. The molecule has 2 rings (SSSR count). The van der Waals surface area contributed by atoms with Crippen LogP contribution in [-0.4, -0.2) is 53.3 Å². The number of likely N-dealkylation sites (tertiary alicyclic amines) is 2. The number of carbonyl (C=O) groups excluding carboxylic acids is 1. The fraction of sp³-hybridized carbons (Fsp3) is 0.917. The molecule has 16 heavy (non-hydrogen) atoms. The number of halogens is 1. The van der Waals surface area contributed by atoms with Crippen molar-refractivity contribution < 1.29 is 4.79 Å². The van der Waals surface area contributed by atoms with Crippen molar-refractivity contribution in [1.29, 1.82) is 0 Å². The molecule has 92 valence electrons. The van der Waals surface area contributed by atoms with Crippen molar-refractivity contribution in [3.05, 3.63) is 0 Å². The molecular weight excluding hydrogens is 268 g/mol. The van der Waals surface area contributed by atoms with Crippen LogP contribution in [0.2, 0.25) is 0 Å². The van der Waals surface area contributed by atoms with Gasteiger partial charge < -0.3 is 4.90 Å². The Morgan fingerprint density at radius 3 is 2.62 bits per heavy atom. The number of hydrogen-bond acceptors (Lipinski definition) is 2. The second-order valence-corrected chi connectivity index (χ2v) is 5.61. The fourth-order valence-electron chi connectivity index (χ4n) is 2.79. The molecular formula is C12H21BrN2O. The van der Waals surface area contributed by atoms with Crippen molar-refractivity contribution in [2.24, 2.45) is 0 Å². The number of alkyl halides is 1. The van der Waals surface area contributed by atoms with Gasteiger partial charge in [-0.3, -0.25) is 9.69 Å². The standard InChI is InChI=1S/C12H21BrN2O/c13-6-4-12(16)15-9-5-11(10-15)14-7-2-1-3-8-14/h11H,1-10H2. The van der Waals surface area contributed by atoms with Gasteiger partial charge in [0.25, 0.3) is 0 Å². The van der Waals surface area contributed by atoms with Crippen LogP contribution in [0.1, 0.15) is 32.1 Å². The van der Waals surface area contributed by atoms with Crippen LogP contribution in [0.25, 0.3) is 0 Å². The van der Waals surface area contributed by atoms with Gasteiger partial charge in [0.2, 0.25) is 5.91 Å². The maximum Gasteiger partial charge on any atom is 0.223 e. The maximum atomic E-state index is 11.8. The quantitative estimate of drug-likeness (QED) is 0.740. The van der Waals surface area contributed by atoms with Gasteiger partial charge in [0.15, 0.2) is 0 Å². The van der Waals surface area contributed by atoms with Crippen molar-refractivity contribution in [2.75, 3.05) is 31.5 Å². The van der Waals surface area contributed by atoms with Crippen LogP contribution >= 0.6 is 15.9 Å². The average Bonchev–Trinajstić information content (AvgIpc) is 2.80. The Bertz CT molecular complexity index is 241. The molecule has 0 aliphatic carbocycles. The summed E-state index contributed by atoms with van der Waals surface area (Å²) in [7, 11) is 0. The highest BCUT2D eigenvalue weighted by Gasteiger charge is 2.30. The molecule has 2 aliphatic heterocycles.